The van der Waals surface area contributed by atoms with Crippen molar-refractivity contribution in [3.63, 3.8) is 0 Å². The fourth-order valence-corrected chi connectivity index (χ4v) is 1.70. The maximum atomic E-state index is 11.9. The van der Waals surface area contributed by atoms with Crippen LogP contribution in [0.4, 0.5) is 0 Å². The molecule has 2 heterocycles. The number of aromatic nitrogens is 2. The number of ketones is 1. The summed E-state index contributed by atoms with van der Waals surface area (Å²) in [5.41, 5.74) is 1.16. The largest absolute Gasteiger partial charge is 0.357 e. The lowest BCUT2D eigenvalue weighted by Crippen LogP contribution is -2.24. The van der Waals surface area contributed by atoms with Crippen LogP contribution in [0, 0.1) is 6.92 Å². The van der Waals surface area contributed by atoms with Crippen molar-refractivity contribution in [2.75, 3.05) is 0 Å². The van der Waals surface area contributed by atoms with Crippen molar-refractivity contribution in [3.8, 4) is 0 Å². The minimum Gasteiger partial charge on any atom is -0.357 e. The average Bonchev–Trinajstić information content (AvgIpc) is 2.72. The van der Waals surface area contributed by atoms with E-state index in [1.807, 2.05) is 17.8 Å². The topological polar surface area (TPSA) is 44.0 Å². The van der Waals surface area contributed by atoms with Crippen LogP contribution >= 0.6 is 0 Å². The number of Topliss-reactive ketones (excluding diaryl/α,β-unsaturated/α-hetero) is 1. The van der Waals surface area contributed by atoms with E-state index in [0.717, 1.165) is 0 Å². The molecule has 4 heteroatoms. The molecule has 0 atom stereocenters. The van der Waals surface area contributed by atoms with Gasteiger partial charge in [-0.15, -0.1) is 0 Å². The standard InChI is InChI=1S/C13H14N2O2/c1-10-4-3-6-15(13(10)17)9-12(16)11-5-7-14(2)8-11/h3-8H,9H2,1-2H3. The number of rotatable bonds is 3. The van der Waals surface area contributed by atoms with Crippen LogP contribution < -0.4 is 5.56 Å². The summed E-state index contributed by atoms with van der Waals surface area (Å²) >= 11 is 0. The van der Waals surface area contributed by atoms with Gasteiger partial charge in [0.15, 0.2) is 5.78 Å². The second-order valence-electron chi connectivity index (χ2n) is 4.11. The van der Waals surface area contributed by atoms with Crippen molar-refractivity contribution in [2.45, 2.75) is 13.5 Å². The maximum Gasteiger partial charge on any atom is 0.253 e. The highest BCUT2D eigenvalue weighted by molar-refractivity contribution is 5.95. The van der Waals surface area contributed by atoms with Gasteiger partial charge in [-0.3, -0.25) is 9.59 Å². The van der Waals surface area contributed by atoms with Gasteiger partial charge in [0.05, 0.1) is 6.54 Å². The first-order chi connectivity index (χ1) is 8.08. The molecule has 0 aliphatic rings. The van der Waals surface area contributed by atoms with Crippen LogP contribution in [0.25, 0.3) is 0 Å². The highest BCUT2D eigenvalue weighted by atomic mass is 16.1. The van der Waals surface area contributed by atoms with Crippen molar-refractivity contribution >= 4 is 5.78 Å². The summed E-state index contributed by atoms with van der Waals surface area (Å²) in [7, 11) is 1.86. The minimum atomic E-state index is -0.114. The van der Waals surface area contributed by atoms with E-state index in [4.69, 9.17) is 0 Å². The van der Waals surface area contributed by atoms with Gasteiger partial charge in [0.2, 0.25) is 0 Å². The van der Waals surface area contributed by atoms with Gasteiger partial charge in [-0.2, -0.15) is 0 Å². The number of hydrogen-bond acceptors (Lipinski definition) is 2. The lowest BCUT2D eigenvalue weighted by atomic mass is 10.2. The molecule has 0 fully saturated rings. The predicted molar refractivity (Wildman–Crippen MR) is 65.2 cm³/mol. The molecule has 2 aromatic heterocycles. The summed E-state index contributed by atoms with van der Waals surface area (Å²) in [4.78, 5) is 23.7. The van der Waals surface area contributed by atoms with E-state index in [1.54, 1.807) is 37.5 Å². The molecular formula is C13H14N2O2. The van der Waals surface area contributed by atoms with Gasteiger partial charge in [-0.25, -0.2) is 0 Å². The van der Waals surface area contributed by atoms with Gasteiger partial charge in [0.25, 0.3) is 5.56 Å². The van der Waals surface area contributed by atoms with E-state index >= 15 is 0 Å². The molecule has 0 saturated heterocycles. The van der Waals surface area contributed by atoms with Gasteiger partial charge in [-0.1, -0.05) is 6.07 Å². The monoisotopic (exact) mass is 230 g/mol. The molecule has 17 heavy (non-hydrogen) atoms. The molecule has 4 nitrogen and oxygen atoms in total. The fourth-order valence-electron chi connectivity index (χ4n) is 1.70. The van der Waals surface area contributed by atoms with Crippen LogP contribution in [0.2, 0.25) is 0 Å². The SMILES string of the molecule is Cc1cccn(CC(=O)c2ccn(C)c2)c1=O. The van der Waals surface area contributed by atoms with Crippen LogP contribution in [-0.2, 0) is 13.6 Å². The number of aryl methyl sites for hydroxylation is 2. The lowest BCUT2D eigenvalue weighted by molar-refractivity contribution is 0.0971. The molecule has 0 amide bonds. The quantitative estimate of drug-likeness (QED) is 0.748. The van der Waals surface area contributed by atoms with Gasteiger partial charge in [-0.05, 0) is 19.1 Å². The van der Waals surface area contributed by atoms with Crippen LogP contribution in [0.1, 0.15) is 15.9 Å². The summed E-state index contributed by atoms with van der Waals surface area (Å²) in [6.07, 6.45) is 5.20. The molecule has 0 aliphatic carbocycles. The van der Waals surface area contributed by atoms with Gasteiger partial charge in [0, 0.05) is 36.8 Å². The van der Waals surface area contributed by atoms with Crippen molar-refractivity contribution in [1.82, 2.24) is 9.13 Å². The number of nitrogens with zero attached hydrogens (tertiary/aromatic N) is 2. The molecule has 0 aromatic carbocycles. The minimum absolute atomic E-state index is 0.0571. The molecule has 0 bridgehead atoms. The lowest BCUT2D eigenvalue weighted by Gasteiger charge is -2.04. The van der Waals surface area contributed by atoms with E-state index in [0.29, 0.717) is 11.1 Å². The zero-order chi connectivity index (χ0) is 12.4. The van der Waals surface area contributed by atoms with E-state index in [2.05, 4.69) is 0 Å². The summed E-state index contributed by atoms with van der Waals surface area (Å²) < 4.78 is 3.25. The van der Waals surface area contributed by atoms with E-state index in [1.165, 1.54) is 4.57 Å². The van der Waals surface area contributed by atoms with Crippen LogP contribution in [0.3, 0.4) is 0 Å². The van der Waals surface area contributed by atoms with Crippen LogP contribution in [0.15, 0.2) is 41.6 Å². The first kappa shape index (κ1) is 11.4. The van der Waals surface area contributed by atoms with Crippen LogP contribution in [0.5, 0.6) is 0 Å². The summed E-state index contributed by atoms with van der Waals surface area (Å²) in [5, 5.41) is 0. The highest BCUT2D eigenvalue weighted by Gasteiger charge is 2.09. The Kier molecular flexibility index (Phi) is 2.95. The van der Waals surface area contributed by atoms with E-state index in [-0.39, 0.29) is 17.9 Å². The number of hydrogen-bond donors (Lipinski definition) is 0. The molecule has 0 spiro atoms. The molecule has 0 aliphatic heterocycles. The maximum absolute atomic E-state index is 11.9. The summed E-state index contributed by atoms with van der Waals surface area (Å²) in [5.74, 6) is -0.0571. The Labute approximate surface area is 99.1 Å². The number of carbonyl (C=O) groups is 1. The fraction of sp³-hybridized carbons (Fsp3) is 0.231. The van der Waals surface area contributed by atoms with Gasteiger partial charge >= 0.3 is 0 Å². The Morgan fingerprint density at radius 1 is 1.29 bits per heavy atom. The van der Waals surface area contributed by atoms with Gasteiger partial charge in [0.1, 0.15) is 0 Å². The molecule has 0 N–H and O–H groups in total. The van der Waals surface area contributed by atoms with E-state index < -0.39 is 0 Å². The van der Waals surface area contributed by atoms with Crippen molar-refractivity contribution < 1.29 is 4.79 Å². The Bertz CT molecular complexity index is 608. The first-order valence-corrected chi connectivity index (χ1v) is 5.39. The van der Waals surface area contributed by atoms with Crippen molar-refractivity contribution in [3.05, 3.63) is 58.3 Å². The third-order valence-corrected chi connectivity index (χ3v) is 2.68. The second kappa shape index (κ2) is 4.41. The summed E-state index contributed by atoms with van der Waals surface area (Å²) in [6.45, 7) is 1.83. The Balaban J connectivity index is 2.25. The third kappa shape index (κ3) is 2.36. The molecule has 0 unspecified atom stereocenters. The second-order valence-corrected chi connectivity index (χ2v) is 4.11. The predicted octanol–water partition coefficient (Wildman–Crippen LogP) is 1.38. The van der Waals surface area contributed by atoms with Gasteiger partial charge < -0.3 is 9.13 Å². The zero-order valence-electron chi connectivity index (χ0n) is 9.88. The number of carbonyl (C=O) groups excluding carboxylic acids is 1. The summed E-state index contributed by atoms with van der Waals surface area (Å²) in [6, 6.07) is 5.27. The smallest absolute Gasteiger partial charge is 0.253 e. The normalized spacial score (nSPS) is 10.5. The Hall–Kier alpha value is -2.10. The Morgan fingerprint density at radius 3 is 2.71 bits per heavy atom. The zero-order valence-corrected chi connectivity index (χ0v) is 9.88. The van der Waals surface area contributed by atoms with E-state index in [9.17, 15) is 9.59 Å². The molecule has 2 aromatic rings. The van der Waals surface area contributed by atoms with Crippen molar-refractivity contribution in [2.24, 2.45) is 7.05 Å². The molecule has 0 radical (unpaired) electrons. The molecular weight excluding hydrogens is 216 g/mol. The third-order valence-electron chi connectivity index (χ3n) is 2.68. The Morgan fingerprint density at radius 2 is 2.06 bits per heavy atom. The molecule has 88 valence electrons. The number of pyridine rings is 1. The first-order valence-electron chi connectivity index (χ1n) is 5.39. The molecule has 0 saturated carbocycles. The highest BCUT2D eigenvalue weighted by Crippen LogP contribution is 2.02. The van der Waals surface area contributed by atoms with Crippen molar-refractivity contribution in [1.29, 1.82) is 0 Å². The molecule has 2 rings (SSSR count). The average molecular weight is 230 g/mol. The van der Waals surface area contributed by atoms with Crippen LogP contribution in [-0.4, -0.2) is 14.9 Å².